The Morgan fingerprint density at radius 2 is 1.83 bits per heavy atom. The van der Waals surface area contributed by atoms with Crippen LogP contribution in [-0.4, -0.2) is 29.6 Å². The minimum Gasteiger partial charge on any atom is -0.450 e. The molecule has 1 aromatic rings. The Morgan fingerprint density at radius 1 is 1.22 bits per heavy atom. The first-order valence-corrected chi connectivity index (χ1v) is 5.21. The normalized spacial score (nSPS) is 10.6. The number of hydrogen-bond acceptors (Lipinski definition) is 5. The number of benzene rings is 1. The van der Waals surface area contributed by atoms with Crippen LogP contribution in [0, 0.1) is 0 Å². The molecule has 0 fully saturated rings. The molecule has 0 aliphatic carbocycles. The third kappa shape index (κ3) is 5.20. The van der Waals surface area contributed by atoms with Gasteiger partial charge in [-0.1, -0.05) is 18.2 Å². The average molecular weight is 254 g/mol. The summed E-state index contributed by atoms with van der Waals surface area (Å²) in [6, 6.07) is 8.39. The van der Waals surface area contributed by atoms with Gasteiger partial charge in [0.1, 0.15) is 18.0 Å². The summed E-state index contributed by atoms with van der Waals surface area (Å²) in [4.78, 5) is 21.7. The van der Waals surface area contributed by atoms with Gasteiger partial charge in [0, 0.05) is 0 Å². The lowest BCUT2D eigenvalue weighted by Gasteiger charge is -2.22. The molecular weight excluding hydrogens is 240 g/mol. The predicted molar refractivity (Wildman–Crippen MR) is 61.6 cm³/mol. The van der Waals surface area contributed by atoms with Crippen molar-refractivity contribution >= 4 is 12.3 Å². The fraction of sp³-hybridized carbons (Fsp3) is 0.333. The topological polar surface area (TPSA) is 82.1 Å². The Morgan fingerprint density at radius 3 is 2.39 bits per heavy atom. The summed E-state index contributed by atoms with van der Waals surface area (Å²) >= 11 is 0. The minimum atomic E-state index is -1.43. The Hall–Kier alpha value is -2.24. The maximum absolute atomic E-state index is 11.3. The van der Waals surface area contributed by atoms with Crippen molar-refractivity contribution in [2.75, 3.05) is 6.61 Å². The quantitative estimate of drug-likeness (QED) is 0.657. The standard InChI is InChI=1S/C12H14O6/c1-12(2,18-10(13)14)8-16-11(15)17-9-6-4-3-5-7-9/h3-7H,8H2,1-2H3,(H,13,14). The van der Waals surface area contributed by atoms with E-state index in [0.29, 0.717) is 5.75 Å². The van der Waals surface area contributed by atoms with E-state index in [2.05, 4.69) is 4.74 Å². The second-order valence-corrected chi connectivity index (χ2v) is 4.08. The van der Waals surface area contributed by atoms with E-state index in [1.54, 1.807) is 30.3 Å². The van der Waals surface area contributed by atoms with Crippen LogP contribution in [0.2, 0.25) is 0 Å². The van der Waals surface area contributed by atoms with Gasteiger partial charge in [0.15, 0.2) is 0 Å². The van der Waals surface area contributed by atoms with Crippen LogP contribution in [-0.2, 0) is 9.47 Å². The first-order chi connectivity index (χ1) is 8.39. The summed E-state index contributed by atoms with van der Waals surface area (Å²) in [6.45, 7) is 2.73. The lowest BCUT2D eigenvalue weighted by molar-refractivity contribution is -0.0398. The van der Waals surface area contributed by atoms with Crippen molar-refractivity contribution in [3.8, 4) is 5.75 Å². The Balaban J connectivity index is 2.40. The van der Waals surface area contributed by atoms with E-state index in [9.17, 15) is 9.59 Å². The summed E-state index contributed by atoms with van der Waals surface area (Å²) < 4.78 is 14.1. The summed E-state index contributed by atoms with van der Waals surface area (Å²) in [6.07, 6.45) is -2.34. The zero-order chi connectivity index (χ0) is 13.6. The molecule has 0 radical (unpaired) electrons. The van der Waals surface area contributed by atoms with E-state index in [4.69, 9.17) is 14.6 Å². The van der Waals surface area contributed by atoms with Crippen molar-refractivity contribution in [1.29, 1.82) is 0 Å². The SMILES string of the molecule is CC(C)(COC(=O)Oc1ccccc1)OC(=O)O. The van der Waals surface area contributed by atoms with Crippen molar-refractivity contribution in [2.45, 2.75) is 19.4 Å². The fourth-order valence-corrected chi connectivity index (χ4v) is 1.11. The zero-order valence-corrected chi connectivity index (χ0v) is 10.1. The van der Waals surface area contributed by atoms with Gasteiger partial charge in [0.25, 0.3) is 0 Å². The smallest absolute Gasteiger partial charge is 0.450 e. The molecule has 0 unspecified atom stereocenters. The summed E-state index contributed by atoms with van der Waals surface area (Å²) in [7, 11) is 0. The third-order valence-corrected chi connectivity index (χ3v) is 1.85. The summed E-state index contributed by atoms with van der Waals surface area (Å²) in [5, 5.41) is 8.46. The largest absolute Gasteiger partial charge is 0.513 e. The van der Waals surface area contributed by atoms with Crippen LogP contribution in [0.3, 0.4) is 0 Å². The molecule has 1 aromatic carbocycles. The van der Waals surface area contributed by atoms with Crippen molar-refractivity contribution in [3.63, 3.8) is 0 Å². The number of carbonyl (C=O) groups excluding carboxylic acids is 1. The zero-order valence-electron chi connectivity index (χ0n) is 10.1. The highest BCUT2D eigenvalue weighted by molar-refractivity contribution is 5.63. The first kappa shape index (κ1) is 13.8. The van der Waals surface area contributed by atoms with E-state index in [-0.39, 0.29) is 6.61 Å². The van der Waals surface area contributed by atoms with Crippen LogP contribution < -0.4 is 4.74 Å². The highest BCUT2D eigenvalue weighted by Crippen LogP contribution is 2.12. The molecule has 0 saturated carbocycles. The Kier molecular flexibility index (Phi) is 4.53. The second-order valence-electron chi connectivity index (χ2n) is 4.08. The molecule has 0 atom stereocenters. The van der Waals surface area contributed by atoms with Gasteiger partial charge >= 0.3 is 12.3 Å². The summed E-state index contributed by atoms with van der Waals surface area (Å²) in [5.41, 5.74) is -1.12. The highest BCUT2D eigenvalue weighted by atomic mass is 16.7. The number of para-hydroxylation sites is 1. The predicted octanol–water partition coefficient (Wildman–Crippen LogP) is 2.68. The van der Waals surface area contributed by atoms with E-state index >= 15 is 0 Å². The maximum atomic E-state index is 11.3. The van der Waals surface area contributed by atoms with E-state index in [0.717, 1.165) is 0 Å². The molecule has 0 spiro atoms. The van der Waals surface area contributed by atoms with Crippen molar-refractivity contribution in [2.24, 2.45) is 0 Å². The molecule has 0 amide bonds. The molecule has 6 heteroatoms. The minimum absolute atomic E-state index is 0.231. The number of carbonyl (C=O) groups is 2. The van der Waals surface area contributed by atoms with E-state index < -0.39 is 17.9 Å². The highest BCUT2D eigenvalue weighted by Gasteiger charge is 2.25. The van der Waals surface area contributed by atoms with Gasteiger partial charge in [-0.2, -0.15) is 0 Å². The van der Waals surface area contributed by atoms with Crippen molar-refractivity contribution in [3.05, 3.63) is 30.3 Å². The van der Waals surface area contributed by atoms with Crippen molar-refractivity contribution in [1.82, 2.24) is 0 Å². The molecule has 0 saturated heterocycles. The lowest BCUT2D eigenvalue weighted by atomic mass is 10.1. The molecule has 1 rings (SSSR count). The van der Waals surface area contributed by atoms with Gasteiger partial charge in [-0.3, -0.25) is 0 Å². The van der Waals surface area contributed by atoms with Gasteiger partial charge < -0.3 is 19.3 Å². The van der Waals surface area contributed by atoms with Gasteiger partial charge in [0.2, 0.25) is 0 Å². The van der Waals surface area contributed by atoms with Gasteiger partial charge in [-0.25, -0.2) is 9.59 Å². The monoisotopic (exact) mass is 254 g/mol. The maximum Gasteiger partial charge on any atom is 0.513 e. The van der Waals surface area contributed by atoms with Crippen LogP contribution in [0.4, 0.5) is 9.59 Å². The van der Waals surface area contributed by atoms with Gasteiger partial charge in [-0.05, 0) is 26.0 Å². The fourth-order valence-electron chi connectivity index (χ4n) is 1.11. The van der Waals surface area contributed by atoms with E-state index in [1.807, 2.05) is 0 Å². The molecule has 0 heterocycles. The molecule has 1 N–H and O–H groups in total. The summed E-state index contributed by atoms with van der Waals surface area (Å²) in [5.74, 6) is 0.347. The first-order valence-electron chi connectivity index (χ1n) is 5.21. The lowest BCUT2D eigenvalue weighted by Crippen LogP contribution is -2.34. The Labute approximate surface area is 104 Å². The molecule has 0 aliphatic heterocycles. The van der Waals surface area contributed by atoms with Crippen LogP contribution in [0.25, 0.3) is 0 Å². The number of hydrogen-bond donors (Lipinski definition) is 1. The Bertz CT molecular complexity index is 412. The molecule has 0 bridgehead atoms. The molecule has 0 aromatic heterocycles. The molecule has 0 aliphatic rings. The van der Waals surface area contributed by atoms with Crippen LogP contribution >= 0.6 is 0 Å². The molecule has 18 heavy (non-hydrogen) atoms. The van der Waals surface area contributed by atoms with Crippen LogP contribution in [0.15, 0.2) is 30.3 Å². The molecular formula is C12H14O6. The molecule has 98 valence electrons. The second kappa shape index (κ2) is 5.90. The van der Waals surface area contributed by atoms with Crippen molar-refractivity contribution < 1.29 is 28.9 Å². The third-order valence-electron chi connectivity index (χ3n) is 1.85. The number of carboxylic acid groups (broad SMARTS) is 1. The van der Waals surface area contributed by atoms with Crippen LogP contribution in [0.1, 0.15) is 13.8 Å². The van der Waals surface area contributed by atoms with Gasteiger partial charge in [-0.15, -0.1) is 0 Å². The number of ether oxygens (including phenoxy) is 3. The van der Waals surface area contributed by atoms with E-state index in [1.165, 1.54) is 13.8 Å². The average Bonchev–Trinajstić information content (AvgIpc) is 2.26. The molecule has 6 nitrogen and oxygen atoms in total. The number of rotatable bonds is 4. The van der Waals surface area contributed by atoms with Gasteiger partial charge in [0.05, 0.1) is 0 Å². The van der Waals surface area contributed by atoms with Crippen LogP contribution in [0.5, 0.6) is 5.75 Å².